The highest BCUT2D eigenvalue weighted by Crippen LogP contribution is 2.36. The van der Waals surface area contributed by atoms with Crippen molar-refractivity contribution in [2.45, 2.75) is 45.9 Å². The van der Waals surface area contributed by atoms with Gasteiger partial charge in [-0.3, -0.25) is 0 Å². The van der Waals surface area contributed by atoms with Gasteiger partial charge in [0.15, 0.2) is 0 Å². The Morgan fingerprint density at radius 3 is 2.27 bits per heavy atom. The van der Waals surface area contributed by atoms with Crippen molar-refractivity contribution in [3.05, 3.63) is 47.5 Å². The summed E-state index contributed by atoms with van der Waals surface area (Å²) in [4.78, 5) is 0. The third-order valence-corrected chi connectivity index (χ3v) is 3.89. The zero-order chi connectivity index (χ0) is 16.5. The molecule has 0 saturated carbocycles. The molecule has 2 nitrogen and oxygen atoms in total. The van der Waals surface area contributed by atoms with Crippen molar-refractivity contribution in [3.63, 3.8) is 0 Å². The number of alkyl halides is 3. The van der Waals surface area contributed by atoms with E-state index in [0.29, 0.717) is 11.5 Å². The van der Waals surface area contributed by atoms with E-state index in [1.165, 1.54) is 6.08 Å². The van der Waals surface area contributed by atoms with Gasteiger partial charge < -0.3 is 9.84 Å². The van der Waals surface area contributed by atoms with E-state index in [1.807, 2.05) is 26.8 Å². The molecular formula is C17H21F3O2. The Morgan fingerprint density at radius 1 is 1.14 bits per heavy atom. The Labute approximate surface area is 128 Å². The molecule has 0 aromatic heterocycles. The predicted octanol–water partition coefficient (Wildman–Crippen LogP) is 4.65. The summed E-state index contributed by atoms with van der Waals surface area (Å²) in [5, 5.41) is 10.2. The first-order valence-corrected chi connectivity index (χ1v) is 7.30. The zero-order valence-electron chi connectivity index (χ0n) is 12.9. The van der Waals surface area contributed by atoms with E-state index in [-0.39, 0.29) is 24.2 Å². The van der Waals surface area contributed by atoms with Crippen LogP contribution in [0.2, 0.25) is 0 Å². The average molecular weight is 314 g/mol. The van der Waals surface area contributed by atoms with E-state index >= 15 is 0 Å². The molecule has 2 aliphatic rings. The van der Waals surface area contributed by atoms with Gasteiger partial charge >= 0.3 is 6.18 Å². The van der Waals surface area contributed by atoms with Crippen LogP contribution in [0.3, 0.4) is 0 Å². The van der Waals surface area contributed by atoms with Gasteiger partial charge in [0, 0.05) is 17.9 Å². The van der Waals surface area contributed by atoms with Gasteiger partial charge in [0.25, 0.3) is 0 Å². The number of ether oxygens (including phenoxy) is 1. The molecule has 0 radical (unpaired) electrons. The third-order valence-electron chi connectivity index (χ3n) is 3.89. The molecule has 2 atom stereocenters. The lowest BCUT2D eigenvalue weighted by Gasteiger charge is -2.33. The van der Waals surface area contributed by atoms with Crippen molar-refractivity contribution in [1.29, 1.82) is 0 Å². The topological polar surface area (TPSA) is 29.5 Å². The van der Waals surface area contributed by atoms with E-state index in [2.05, 4.69) is 0 Å². The van der Waals surface area contributed by atoms with Crippen molar-refractivity contribution >= 4 is 0 Å². The maximum absolute atomic E-state index is 12.5. The second kappa shape index (κ2) is 5.95. The van der Waals surface area contributed by atoms with Gasteiger partial charge in [-0.15, -0.1) is 0 Å². The molecule has 2 aliphatic carbocycles. The Hall–Kier alpha value is -1.49. The smallest absolute Gasteiger partial charge is 0.412 e. The quantitative estimate of drug-likeness (QED) is 0.804. The molecule has 22 heavy (non-hydrogen) atoms. The molecule has 0 bridgehead atoms. The van der Waals surface area contributed by atoms with Crippen LogP contribution in [0.15, 0.2) is 47.5 Å². The number of aliphatic hydroxyl groups excluding tert-OH is 1. The highest BCUT2D eigenvalue weighted by molar-refractivity contribution is 5.28. The fourth-order valence-corrected chi connectivity index (χ4v) is 2.60. The van der Waals surface area contributed by atoms with Crippen LogP contribution in [0.4, 0.5) is 13.2 Å². The summed E-state index contributed by atoms with van der Waals surface area (Å²) < 4.78 is 43.2. The van der Waals surface area contributed by atoms with E-state index in [0.717, 1.165) is 6.08 Å². The predicted molar refractivity (Wildman–Crippen MR) is 78.7 cm³/mol. The largest absolute Gasteiger partial charge is 0.462 e. The number of hydrogen-bond acceptors (Lipinski definition) is 2. The normalized spacial score (nSPS) is 26.2. The van der Waals surface area contributed by atoms with Gasteiger partial charge in [-0.2, -0.15) is 13.2 Å². The van der Waals surface area contributed by atoms with Crippen molar-refractivity contribution in [3.8, 4) is 0 Å². The fourth-order valence-electron chi connectivity index (χ4n) is 2.60. The lowest BCUT2D eigenvalue weighted by atomic mass is 9.75. The van der Waals surface area contributed by atoms with E-state index in [4.69, 9.17) is 4.74 Å². The minimum Gasteiger partial charge on any atom is -0.462 e. The molecule has 0 amide bonds. The summed E-state index contributed by atoms with van der Waals surface area (Å²) >= 11 is 0. The molecule has 0 spiro atoms. The monoisotopic (exact) mass is 314 g/mol. The summed E-state index contributed by atoms with van der Waals surface area (Å²) in [6, 6.07) is 0. The Kier molecular flexibility index (Phi) is 4.57. The van der Waals surface area contributed by atoms with Crippen molar-refractivity contribution < 1.29 is 23.0 Å². The number of aliphatic hydroxyl groups is 1. The van der Waals surface area contributed by atoms with Crippen LogP contribution in [0.5, 0.6) is 0 Å². The Bertz CT molecular complexity index is 545. The highest BCUT2D eigenvalue weighted by atomic mass is 19.4. The first-order chi connectivity index (χ1) is 10.1. The summed E-state index contributed by atoms with van der Waals surface area (Å²) in [5.41, 5.74) is -0.618. The van der Waals surface area contributed by atoms with Gasteiger partial charge in [0.1, 0.15) is 11.5 Å². The van der Waals surface area contributed by atoms with Gasteiger partial charge in [0.2, 0.25) is 0 Å². The molecule has 0 aromatic carbocycles. The SMILES string of the molecule is CC(C)(C)C1C=CC(OC2=CC=C(C(F)(F)F)CC2)=CC1O. The summed E-state index contributed by atoms with van der Waals surface area (Å²) in [5.74, 6) is 0.935. The molecular weight excluding hydrogens is 293 g/mol. The fraction of sp³-hybridized carbons (Fsp3) is 0.529. The molecule has 2 unspecified atom stereocenters. The standard InChI is InChI=1S/C17H21F3O2/c1-16(2,3)14-9-8-13(10-15(14)21)22-12-6-4-11(5-7-12)17(18,19)20/h4,6,8-10,14-15,21H,5,7H2,1-3H3. The summed E-state index contributed by atoms with van der Waals surface area (Å²) in [6.07, 6.45) is 2.86. The van der Waals surface area contributed by atoms with Crippen LogP contribution in [-0.4, -0.2) is 17.4 Å². The van der Waals surface area contributed by atoms with Crippen LogP contribution >= 0.6 is 0 Å². The van der Waals surface area contributed by atoms with Crippen molar-refractivity contribution in [2.75, 3.05) is 0 Å². The Balaban J connectivity index is 2.04. The van der Waals surface area contributed by atoms with E-state index in [9.17, 15) is 18.3 Å². The lowest BCUT2D eigenvalue weighted by Crippen LogP contribution is -2.31. The van der Waals surface area contributed by atoms with Gasteiger partial charge in [-0.05, 0) is 30.1 Å². The lowest BCUT2D eigenvalue weighted by molar-refractivity contribution is -0.0943. The Morgan fingerprint density at radius 2 is 1.82 bits per heavy atom. The summed E-state index contributed by atoms with van der Waals surface area (Å²) in [7, 11) is 0. The minimum atomic E-state index is -4.28. The first kappa shape index (κ1) is 16.9. The molecule has 122 valence electrons. The van der Waals surface area contributed by atoms with Gasteiger partial charge in [-0.25, -0.2) is 0 Å². The van der Waals surface area contributed by atoms with Crippen molar-refractivity contribution in [2.24, 2.45) is 11.3 Å². The summed E-state index contributed by atoms with van der Waals surface area (Å²) in [6.45, 7) is 6.12. The third kappa shape index (κ3) is 4.03. The van der Waals surface area contributed by atoms with Gasteiger partial charge in [0.05, 0.1) is 6.10 Å². The van der Waals surface area contributed by atoms with Crippen LogP contribution < -0.4 is 0 Å². The van der Waals surface area contributed by atoms with Crippen LogP contribution in [0.25, 0.3) is 0 Å². The molecule has 0 heterocycles. The zero-order valence-corrected chi connectivity index (χ0v) is 12.9. The maximum Gasteiger partial charge on any atom is 0.412 e. The number of halogens is 3. The number of rotatable bonds is 2. The molecule has 0 aromatic rings. The highest BCUT2D eigenvalue weighted by Gasteiger charge is 2.34. The maximum atomic E-state index is 12.5. The van der Waals surface area contributed by atoms with E-state index in [1.54, 1.807) is 12.2 Å². The van der Waals surface area contributed by atoms with Gasteiger partial charge in [-0.1, -0.05) is 32.9 Å². The second-order valence-corrected chi connectivity index (χ2v) is 6.74. The molecule has 5 heteroatoms. The second-order valence-electron chi connectivity index (χ2n) is 6.74. The minimum absolute atomic E-state index is 0.0167. The van der Waals surface area contributed by atoms with Crippen LogP contribution in [0.1, 0.15) is 33.6 Å². The number of allylic oxidation sites excluding steroid dienone is 5. The van der Waals surface area contributed by atoms with Crippen LogP contribution in [-0.2, 0) is 4.74 Å². The van der Waals surface area contributed by atoms with Crippen LogP contribution in [0, 0.1) is 11.3 Å². The van der Waals surface area contributed by atoms with Crippen molar-refractivity contribution in [1.82, 2.24) is 0 Å². The molecule has 1 N–H and O–H groups in total. The molecule has 0 aliphatic heterocycles. The number of hydrogen-bond donors (Lipinski definition) is 1. The average Bonchev–Trinajstić information content (AvgIpc) is 2.36. The first-order valence-electron chi connectivity index (χ1n) is 7.30. The molecule has 0 saturated heterocycles. The molecule has 2 rings (SSSR count). The molecule has 0 fully saturated rings. The van der Waals surface area contributed by atoms with E-state index < -0.39 is 17.9 Å².